The Bertz CT molecular complexity index is 264. The Hall–Kier alpha value is -0.283. The third-order valence-electron chi connectivity index (χ3n) is 4.97. The van der Waals surface area contributed by atoms with Gasteiger partial charge in [-0.25, -0.2) is 0 Å². The number of hydrogen-bond donors (Lipinski definition) is 0. The van der Waals surface area contributed by atoms with E-state index in [2.05, 4.69) is 20.4 Å². The van der Waals surface area contributed by atoms with E-state index in [0.717, 1.165) is 12.0 Å². The first kappa shape index (κ1) is 17.8. The highest BCUT2D eigenvalue weighted by Gasteiger charge is 2.47. The van der Waals surface area contributed by atoms with Gasteiger partial charge in [0, 0.05) is 18.7 Å². The summed E-state index contributed by atoms with van der Waals surface area (Å²) in [6.07, 6.45) is 13.5. The second kappa shape index (κ2) is 9.62. The van der Waals surface area contributed by atoms with Gasteiger partial charge in [0.25, 0.3) is 0 Å². The largest absolute Gasteiger partial charge is 0.527 e. The Labute approximate surface area is 127 Å². The summed E-state index contributed by atoms with van der Waals surface area (Å²) >= 11 is 0. The van der Waals surface area contributed by atoms with E-state index >= 15 is 0 Å². The van der Waals surface area contributed by atoms with Crippen molar-refractivity contribution < 1.29 is 8.85 Å². The molecule has 0 bridgehead atoms. The van der Waals surface area contributed by atoms with Crippen LogP contribution in [0, 0.1) is 5.92 Å². The van der Waals surface area contributed by atoms with Gasteiger partial charge in [0.05, 0.1) is 6.26 Å². The lowest BCUT2D eigenvalue weighted by Gasteiger charge is -2.39. The van der Waals surface area contributed by atoms with Crippen molar-refractivity contribution in [3.63, 3.8) is 0 Å². The smallest absolute Gasteiger partial charge is 0.401 e. The molecule has 2 atom stereocenters. The van der Waals surface area contributed by atoms with E-state index in [1.54, 1.807) is 6.26 Å². The lowest BCUT2D eigenvalue weighted by Crippen LogP contribution is -2.47. The molecular weight excluding hydrogens is 264 g/mol. The zero-order chi connectivity index (χ0) is 14.8. The average molecular weight is 299 g/mol. The molecule has 0 aliphatic heterocycles. The molecule has 0 aromatic rings. The van der Waals surface area contributed by atoms with E-state index < -0.39 is 8.56 Å². The van der Waals surface area contributed by atoms with Gasteiger partial charge < -0.3 is 8.85 Å². The van der Waals surface area contributed by atoms with Gasteiger partial charge in [-0.05, 0) is 18.8 Å². The topological polar surface area (TPSA) is 18.5 Å². The molecule has 0 heterocycles. The molecule has 0 N–H and O–H groups in total. The maximum Gasteiger partial charge on any atom is 0.401 e. The Kier molecular flexibility index (Phi) is 8.54. The standard InChI is InChI=1S/C17H34O2Si/c1-5-8-12-16(6-2)15-20(18-4,19-7-3)17-13-10-9-11-14-17/h7,16-17H,3,5-6,8-15H2,1-2,4H3. The summed E-state index contributed by atoms with van der Waals surface area (Å²) in [6, 6.07) is 1.15. The van der Waals surface area contributed by atoms with E-state index in [1.807, 2.05) is 7.11 Å². The van der Waals surface area contributed by atoms with E-state index in [9.17, 15) is 0 Å². The highest BCUT2D eigenvalue weighted by atomic mass is 28.4. The Morgan fingerprint density at radius 1 is 1.25 bits per heavy atom. The van der Waals surface area contributed by atoms with Crippen molar-refractivity contribution in [1.82, 2.24) is 0 Å². The zero-order valence-electron chi connectivity index (χ0n) is 13.8. The highest BCUT2D eigenvalue weighted by Crippen LogP contribution is 2.42. The molecular formula is C17H34O2Si. The molecule has 0 aromatic carbocycles. The molecule has 1 aliphatic rings. The predicted molar refractivity (Wildman–Crippen MR) is 89.0 cm³/mol. The van der Waals surface area contributed by atoms with Gasteiger partial charge in [-0.1, -0.05) is 65.4 Å². The molecule has 1 rings (SSSR count). The van der Waals surface area contributed by atoms with Crippen LogP contribution in [-0.2, 0) is 8.85 Å². The van der Waals surface area contributed by atoms with Gasteiger partial charge in [0.2, 0.25) is 0 Å². The first-order chi connectivity index (χ1) is 9.72. The van der Waals surface area contributed by atoms with Crippen LogP contribution >= 0.6 is 0 Å². The molecule has 0 aromatic heterocycles. The summed E-state index contributed by atoms with van der Waals surface area (Å²) < 4.78 is 12.2. The van der Waals surface area contributed by atoms with Crippen molar-refractivity contribution in [3.8, 4) is 0 Å². The minimum absolute atomic E-state index is 0.662. The van der Waals surface area contributed by atoms with Crippen molar-refractivity contribution in [2.24, 2.45) is 5.92 Å². The van der Waals surface area contributed by atoms with Gasteiger partial charge in [-0.2, -0.15) is 0 Å². The molecule has 3 heteroatoms. The van der Waals surface area contributed by atoms with E-state index in [-0.39, 0.29) is 0 Å². The minimum atomic E-state index is -2.12. The molecule has 2 unspecified atom stereocenters. The Balaban J connectivity index is 2.76. The molecule has 0 spiro atoms. The molecule has 1 aliphatic carbocycles. The second-order valence-corrected chi connectivity index (χ2v) is 9.75. The Morgan fingerprint density at radius 3 is 2.45 bits per heavy atom. The predicted octanol–water partition coefficient (Wildman–Crippen LogP) is 5.79. The zero-order valence-corrected chi connectivity index (χ0v) is 14.8. The molecule has 0 amide bonds. The van der Waals surface area contributed by atoms with Crippen LogP contribution in [0.2, 0.25) is 11.6 Å². The van der Waals surface area contributed by atoms with Crippen LogP contribution in [0.4, 0.5) is 0 Å². The maximum absolute atomic E-state index is 6.11. The summed E-state index contributed by atoms with van der Waals surface area (Å²) in [6.45, 7) is 8.40. The highest BCUT2D eigenvalue weighted by molar-refractivity contribution is 6.69. The van der Waals surface area contributed by atoms with Crippen LogP contribution in [-0.4, -0.2) is 15.7 Å². The normalized spacial score (nSPS) is 21.1. The molecule has 2 nitrogen and oxygen atoms in total. The van der Waals surface area contributed by atoms with Crippen LogP contribution < -0.4 is 0 Å². The Morgan fingerprint density at radius 2 is 1.95 bits per heavy atom. The van der Waals surface area contributed by atoms with Crippen LogP contribution in [0.5, 0.6) is 0 Å². The number of hydrogen-bond acceptors (Lipinski definition) is 2. The van der Waals surface area contributed by atoms with Crippen LogP contribution in [0.25, 0.3) is 0 Å². The monoisotopic (exact) mass is 298 g/mol. The maximum atomic E-state index is 6.11. The average Bonchev–Trinajstić information content (AvgIpc) is 2.51. The molecule has 1 fully saturated rings. The second-order valence-electron chi connectivity index (χ2n) is 6.26. The summed E-state index contributed by atoms with van der Waals surface area (Å²) in [7, 11) is -0.249. The quantitative estimate of drug-likeness (QED) is 0.375. The van der Waals surface area contributed by atoms with Crippen molar-refractivity contribution in [2.75, 3.05) is 7.11 Å². The molecule has 1 saturated carbocycles. The SMILES string of the molecule is C=CO[Si](CC(CC)CCCC)(OC)C1CCCCC1. The molecule has 118 valence electrons. The van der Waals surface area contributed by atoms with Crippen LogP contribution in [0.3, 0.4) is 0 Å². The van der Waals surface area contributed by atoms with Crippen molar-refractivity contribution in [2.45, 2.75) is 83.2 Å². The van der Waals surface area contributed by atoms with Gasteiger partial charge >= 0.3 is 8.56 Å². The molecule has 0 radical (unpaired) electrons. The van der Waals surface area contributed by atoms with Gasteiger partial charge in [-0.3, -0.25) is 0 Å². The van der Waals surface area contributed by atoms with Crippen molar-refractivity contribution >= 4 is 8.56 Å². The summed E-state index contributed by atoms with van der Waals surface area (Å²) in [4.78, 5) is 0. The van der Waals surface area contributed by atoms with Crippen molar-refractivity contribution in [3.05, 3.63) is 12.8 Å². The third-order valence-corrected chi connectivity index (χ3v) is 9.20. The molecule has 20 heavy (non-hydrogen) atoms. The minimum Gasteiger partial charge on any atom is -0.527 e. The van der Waals surface area contributed by atoms with E-state index in [4.69, 9.17) is 8.85 Å². The number of unbranched alkanes of at least 4 members (excludes halogenated alkanes) is 1. The lowest BCUT2D eigenvalue weighted by molar-refractivity contribution is 0.229. The number of rotatable bonds is 10. The van der Waals surface area contributed by atoms with Crippen molar-refractivity contribution in [1.29, 1.82) is 0 Å². The molecule has 0 saturated heterocycles. The van der Waals surface area contributed by atoms with Crippen LogP contribution in [0.1, 0.15) is 71.6 Å². The summed E-state index contributed by atoms with van der Waals surface area (Å²) in [5, 5.41) is 0. The fourth-order valence-electron chi connectivity index (χ4n) is 3.64. The first-order valence-corrected chi connectivity index (χ1v) is 10.7. The first-order valence-electron chi connectivity index (χ1n) is 8.56. The van der Waals surface area contributed by atoms with Gasteiger partial charge in [-0.15, -0.1) is 0 Å². The van der Waals surface area contributed by atoms with E-state index in [0.29, 0.717) is 5.54 Å². The van der Waals surface area contributed by atoms with Crippen LogP contribution in [0.15, 0.2) is 12.8 Å². The summed E-state index contributed by atoms with van der Waals surface area (Å²) in [5.74, 6) is 0.753. The van der Waals surface area contributed by atoms with Gasteiger partial charge in [0.15, 0.2) is 0 Å². The van der Waals surface area contributed by atoms with Gasteiger partial charge in [0.1, 0.15) is 0 Å². The third kappa shape index (κ3) is 4.92. The fourth-order valence-corrected chi connectivity index (χ4v) is 7.72. The van der Waals surface area contributed by atoms with E-state index in [1.165, 1.54) is 57.8 Å². The fraction of sp³-hybridized carbons (Fsp3) is 0.882. The lowest BCUT2D eigenvalue weighted by atomic mass is 10.00. The summed E-state index contributed by atoms with van der Waals surface area (Å²) in [5.41, 5.74) is 0.662.